The van der Waals surface area contributed by atoms with Gasteiger partial charge >= 0.3 is 0 Å². The molecule has 140 valence electrons. The fraction of sp³-hybridized carbons (Fsp3) is 0.300. The van der Waals surface area contributed by atoms with Crippen molar-refractivity contribution in [3.8, 4) is 0 Å². The van der Waals surface area contributed by atoms with Crippen molar-refractivity contribution in [2.24, 2.45) is 0 Å². The fourth-order valence-electron chi connectivity index (χ4n) is 3.58. The Morgan fingerprint density at radius 2 is 2.15 bits per heavy atom. The molecule has 1 amide bonds. The maximum atomic E-state index is 12.6. The number of rotatable bonds is 5. The predicted octanol–water partition coefficient (Wildman–Crippen LogP) is 3.40. The summed E-state index contributed by atoms with van der Waals surface area (Å²) < 4.78 is 4.02. The zero-order chi connectivity index (χ0) is 18.8. The van der Waals surface area contributed by atoms with Crippen molar-refractivity contribution in [1.29, 1.82) is 0 Å². The van der Waals surface area contributed by atoms with Crippen LogP contribution in [0.25, 0.3) is 0 Å². The molecule has 6 nitrogen and oxygen atoms in total. The molecule has 0 spiro atoms. The van der Waals surface area contributed by atoms with Crippen LogP contribution >= 0.6 is 11.6 Å². The summed E-state index contributed by atoms with van der Waals surface area (Å²) in [6, 6.07) is 13.9. The summed E-state index contributed by atoms with van der Waals surface area (Å²) in [5, 5.41) is 8.00. The maximum Gasteiger partial charge on any atom is 0.239 e. The molecule has 7 heteroatoms. The first-order valence-corrected chi connectivity index (χ1v) is 9.43. The van der Waals surface area contributed by atoms with E-state index in [1.807, 2.05) is 30.3 Å². The highest BCUT2D eigenvalue weighted by molar-refractivity contribution is 6.30. The largest absolute Gasteiger partial charge is 0.349 e. The number of nitrogens with one attached hydrogen (secondary N) is 1. The Balaban J connectivity index is 1.40. The van der Waals surface area contributed by atoms with E-state index in [-0.39, 0.29) is 11.9 Å². The van der Waals surface area contributed by atoms with E-state index >= 15 is 0 Å². The number of anilines is 1. The van der Waals surface area contributed by atoms with Gasteiger partial charge in [-0.3, -0.25) is 9.69 Å². The minimum Gasteiger partial charge on any atom is -0.349 e. The third-order valence-corrected chi connectivity index (χ3v) is 5.26. The lowest BCUT2D eigenvalue weighted by molar-refractivity contribution is -0.118. The Morgan fingerprint density at radius 3 is 3.00 bits per heavy atom. The standard InChI is InChI=1S/C20H22ClN5O/c1-15-18-6-3-9-24(18)10-11-25(15)14-20(27)23-19-7-8-22-26(19)13-16-4-2-5-17(21)12-16/h2-9,12,15H,10-11,13-14H2,1H3,(H,23,27). The van der Waals surface area contributed by atoms with Gasteiger partial charge in [-0.25, -0.2) is 4.68 Å². The van der Waals surface area contributed by atoms with E-state index in [2.05, 4.69) is 45.1 Å². The first-order chi connectivity index (χ1) is 13.1. The van der Waals surface area contributed by atoms with Crippen LogP contribution in [0.4, 0.5) is 5.82 Å². The number of halogens is 1. The number of carbonyl (C=O) groups is 1. The molecule has 0 bridgehead atoms. The van der Waals surface area contributed by atoms with Crippen molar-refractivity contribution in [2.45, 2.75) is 26.1 Å². The average Bonchev–Trinajstić information content (AvgIpc) is 3.28. The van der Waals surface area contributed by atoms with E-state index in [0.717, 1.165) is 18.7 Å². The summed E-state index contributed by atoms with van der Waals surface area (Å²) in [5.74, 6) is 0.655. The van der Waals surface area contributed by atoms with E-state index in [1.54, 1.807) is 10.9 Å². The highest BCUT2D eigenvalue weighted by Crippen LogP contribution is 2.25. The Hall–Kier alpha value is -2.57. The molecule has 0 fully saturated rings. The number of nitrogens with zero attached hydrogens (tertiary/aromatic N) is 4. The van der Waals surface area contributed by atoms with E-state index in [1.165, 1.54) is 5.69 Å². The SMILES string of the molecule is CC1c2cccn2CCN1CC(=O)Nc1ccnn1Cc1cccc(Cl)c1. The van der Waals surface area contributed by atoms with Gasteiger partial charge in [-0.1, -0.05) is 23.7 Å². The Bertz CT molecular complexity index is 947. The van der Waals surface area contributed by atoms with Gasteiger partial charge in [-0.15, -0.1) is 0 Å². The second-order valence-corrected chi connectivity index (χ2v) is 7.26. The van der Waals surface area contributed by atoms with Crippen LogP contribution in [0.5, 0.6) is 0 Å². The lowest BCUT2D eigenvalue weighted by Crippen LogP contribution is -2.41. The van der Waals surface area contributed by atoms with Gasteiger partial charge in [-0.2, -0.15) is 5.10 Å². The summed E-state index contributed by atoms with van der Waals surface area (Å²) in [4.78, 5) is 14.8. The number of hydrogen-bond donors (Lipinski definition) is 1. The minimum absolute atomic E-state index is 0.0327. The van der Waals surface area contributed by atoms with Crippen molar-refractivity contribution in [2.75, 3.05) is 18.4 Å². The number of benzene rings is 1. The topological polar surface area (TPSA) is 55.1 Å². The van der Waals surface area contributed by atoms with Gasteiger partial charge in [0.2, 0.25) is 5.91 Å². The molecule has 1 aliphatic rings. The molecular formula is C20H22ClN5O. The Morgan fingerprint density at radius 1 is 1.26 bits per heavy atom. The van der Waals surface area contributed by atoms with Gasteiger partial charge in [-0.05, 0) is 36.8 Å². The zero-order valence-corrected chi connectivity index (χ0v) is 15.9. The third-order valence-electron chi connectivity index (χ3n) is 5.02. The second kappa shape index (κ2) is 7.58. The molecule has 1 N–H and O–H groups in total. The van der Waals surface area contributed by atoms with Crippen LogP contribution in [-0.4, -0.2) is 38.2 Å². The summed E-state index contributed by atoms with van der Waals surface area (Å²) in [6.07, 6.45) is 3.79. The van der Waals surface area contributed by atoms with Crippen molar-refractivity contribution >= 4 is 23.3 Å². The molecule has 27 heavy (non-hydrogen) atoms. The lowest BCUT2D eigenvalue weighted by Gasteiger charge is -2.34. The molecule has 1 aliphatic heterocycles. The van der Waals surface area contributed by atoms with Crippen LogP contribution in [0.2, 0.25) is 5.02 Å². The van der Waals surface area contributed by atoms with E-state index in [4.69, 9.17) is 11.6 Å². The summed E-state index contributed by atoms with van der Waals surface area (Å²) in [7, 11) is 0. The molecule has 3 aromatic rings. The maximum absolute atomic E-state index is 12.6. The molecule has 2 aromatic heterocycles. The van der Waals surface area contributed by atoms with Crippen LogP contribution in [0, 0.1) is 0 Å². The molecule has 4 rings (SSSR count). The average molecular weight is 384 g/mol. The monoisotopic (exact) mass is 383 g/mol. The van der Waals surface area contributed by atoms with Crippen molar-refractivity contribution in [1.82, 2.24) is 19.2 Å². The van der Waals surface area contributed by atoms with E-state index in [0.29, 0.717) is 23.9 Å². The number of aromatic nitrogens is 3. The van der Waals surface area contributed by atoms with Crippen molar-refractivity contribution in [3.63, 3.8) is 0 Å². The third kappa shape index (κ3) is 3.91. The van der Waals surface area contributed by atoms with Gasteiger partial charge in [0.05, 0.1) is 19.3 Å². The van der Waals surface area contributed by atoms with E-state index in [9.17, 15) is 4.79 Å². The molecule has 3 heterocycles. The van der Waals surface area contributed by atoms with Crippen LogP contribution < -0.4 is 5.32 Å². The quantitative estimate of drug-likeness (QED) is 0.734. The molecule has 0 aliphatic carbocycles. The van der Waals surface area contributed by atoms with E-state index < -0.39 is 0 Å². The highest BCUT2D eigenvalue weighted by atomic mass is 35.5. The van der Waals surface area contributed by atoms with Gasteiger partial charge in [0.15, 0.2) is 0 Å². The molecule has 1 unspecified atom stereocenters. The minimum atomic E-state index is -0.0327. The van der Waals surface area contributed by atoms with Crippen molar-refractivity contribution < 1.29 is 4.79 Å². The van der Waals surface area contributed by atoms with Crippen LogP contribution in [0.15, 0.2) is 54.9 Å². The number of hydrogen-bond acceptors (Lipinski definition) is 3. The Labute approximate surface area is 163 Å². The number of carbonyl (C=O) groups excluding carboxylic acids is 1. The molecule has 0 saturated carbocycles. The molecule has 0 saturated heterocycles. The van der Waals surface area contributed by atoms with Crippen LogP contribution in [0.3, 0.4) is 0 Å². The smallest absolute Gasteiger partial charge is 0.239 e. The normalized spacial score (nSPS) is 16.9. The summed E-state index contributed by atoms with van der Waals surface area (Å²) in [6.45, 7) is 4.82. The highest BCUT2D eigenvalue weighted by Gasteiger charge is 2.25. The predicted molar refractivity (Wildman–Crippen MR) is 106 cm³/mol. The molecule has 0 radical (unpaired) electrons. The summed E-state index contributed by atoms with van der Waals surface area (Å²) >= 11 is 6.05. The van der Waals surface area contributed by atoms with Crippen LogP contribution in [-0.2, 0) is 17.9 Å². The van der Waals surface area contributed by atoms with Gasteiger partial charge in [0.1, 0.15) is 5.82 Å². The first kappa shape index (κ1) is 17.8. The zero-order valence-electron chi connectivity index (χ0n) is 15.2. The lowest BCUT2D eigenvalue weighted by atomic mass is 10.1. The van der Waals surface area contributed by atoms with Crippen LogP contribution in [0.1, 0.15) is 24.2 Å². The molecule has 1 aromatic carbocycles. The number of amides is 1. The first-order valence-electron chi connectivity index (χ1n) is 9.05. The van der Waals surface area contributed by atoms with Gasteiger partial charge in [0.25, 0.3) is 0 Å². The van der Waals surface area contributed by atoms with Crippen molar-refractivity contribution in [3.05, 3.63) is 71.1 Å². The summed E-state index contributed by atoms with van der Waals surface area (Å²) in [5.41, 5.74) is 2.28. The van der Waals surface area contributed by atoms with Gasteiger partial charge < -0.3 is 9.88 Å². The second-order valence-electron chi connectivity index (χ2n) is 6.83. The molecule has 1 atom stereocenters. The fourth-order valence-corrected chi connectivity index (χ4v) is 3.80. The molecular weight excluding hydrogens is 362 g/mol. The van der Waals surface area contributed by atoms with Gasteiger partial charge in [0, 0.05) is 42.1 Å². The number of fused-ring (bicyclic) bond motifs is 1. The Kier molecular flexibility index (Phi) is 5.01.